The van der Waals surface area contributed by atoms with E-state index in [0.29, 0.717) is 17.2 Å². The summed E-state index contributed by atoms with van der Waals surface area (Å²) in [5, 5.41) is 5.96. The van der Waals surface area contributed by atoms with E-state index in [1.807, 2.05) is 0 Å². The molecular formula is C13H18N2O4. The van der Waals surface area contributed by atoms with E-state index in [-0.39, 0.29) is 6.04 Å². The molecule has 2 N–H and O–H groups in total. The first-order chi connectivity index (χ1) is 9.24. The zero-order chi connectivity index (χ0) is 13.7. The summed E-state index contributed by atoms with van der Waals surface area (Å²) in [6.07, 6.45) is 0.421. The molecule has 6 nitrogen and oxygen atoms in total. The van der Waals surface area contributed by atoms with Crippen LogP contribution in [-0.2, 0) is 0 Å². The molecule has 19 heavy (non-hydrogen) atoms. The zero-order valence-corrected chi connectivity index (χ0v) is 11.1. The van der Waals surface area contributed by atoms with Gasteiger partial charge in [0.25, 0.3) is 0 Å². The molecule has 1 aliphatic rings. The summed E-state index contributed by atoms with van der Waals surface area (Å²) >= 11 is 0. The van der Waals surface area contributed by atoms with Crippen molar-refractivity contribution in [3.8, 4) is 17.2 Å². The molecule has 1 heterocycles. The first-order valence-corrected chi connectivity index (χ1v) is 6.14. The second-order valence-corrected chi connectivity index (χ2v) is 4.22. The van der Waals surface area contributed by atoms with Crippen LogP contribution in [-0.4, -0.2) is 39.4 Å². The van der Waals surface area contributed by atoms with Crippen molar-refractivity contribution in [3.63, 3.8) is 0 Å². The molecule has 1 unspecified atom stereocenters. The highest BCUT2D eigenvalue weighted by Crippen LogP contribution is 2.36. The summed E-state index contributed by atoms with van der Waals surface area (Å²) in [5.74, 6) is 1.27. The van der Waals surface area contributed by atoms with Gasteiger partial charge in [0.15, 0.2) is 11.5 Å². The standard InChI is InChI=1S/C13H18N2O4/c1-17-10-4-3-5-11(12(10)18-2)19-13(16)15-9-6-7-14-8-9/h3-5,9,14H,6-8H2,1-2H3,(H,15,16). The number of carbonyl (C=O) groups excluding carboxylic acids is 1. The van der Waals surface area contributed by atoms with Gasteiger partial charge in [-0.25, -0.2) is 4.79 Å². The number of carbonyl (C=O) groups is 1. The van der Waals surface area contributed by atoms with Crippen LogP contribution in [0.25, 0.3) is 0 Å². The second-order valence-electron chi connectivity index (χ2n) is 4.22. The Bertz CT molecular complexity index is 444. The Hall–Kier alpha value is -1.95. The third-order valence-electron chi connectivity index (χ3n) is 2.95. The molecule has 1 aromatic carbocycles. The van der Waals surface area contributed by atoms with E-state index in [9.17, 15) is 4.79 Å². The molecule has 1 atom stereocenters. The second kappa shape index (κ2) is 6.29. The van der Waals surface area contributed by atoms with E-state index in [0.717, 1.165) is 19.5 Å². The van der Waals surface area contributed by atoms with Crippen LogP contribution in [0.5, 0.6) is 17.2 Å². The number of para-hydroxylation sites is 1. The minimum atomic E-state index is -0.486. The molecule has 1 aromatic rings. The monoisotopic (exact) mass is 266 g/mol. The van der Waals surface area contributed by atoms with E-state index in [1.165, 1.54) is 14.2 Å². The van der Waals surface area contributed by atoms with Crippen molar-refractivity contribution < 1.29 is 19.0 Å². The van der Waals surface area contributed by atoms with Crippen molar-refractivity contribution in [1.29, 1.82) is 0 Å². The summed E-state index contributed by atoms with van der Waals surface area (Å²) in [6.45, 7) is 1.68. The van der Waals surface area contributed by atoms with E-state index in [1.54, 1.807) is 18.2 Å². The van der Waals surface area contributed by atoms with Gasteiger partial charge in [-0.05, 0) is 25.1 Å². The number of rotatable bonds is 4. The fourth-order valence-corrected chi connectivity index (χ4v) is 2.01. The van der Waals surface area contributed by atoms with Crippen molar-refractivity contribution in [2.45, 2.75) is 12.5 Å². The first-order valence-electron chi connectivity index (χ1n) is 6.14. The zero-order valence-electron chi connectivity index (χ0n) is 11.1. The minimum absolute atomic E-state index is 0.115. The SMILES string of the molecule is COc1cccc(OC(=O)NC2CCNC2)c1OC. The van der Waals surface area contributed by atoms with Gasteiger partial charge in [-0.1, -0.05) is 6.07 Å². The molecule has 0 aliphatic carbocycles. The van der Waals surface area contributed by atoms with Crippen molar-refractivity contribution in [3.05, 3.63) is 18.2 Å². The van der Waals surface area contributed by atoms with Crippen molar-refractivity contribution >= 4 is 6.09 Å². The van der Waals surface area contributed by atoms with Crippen LogP contribution in [0.3, 0.4) is 0 Å². The smallest absolute Gasteiger partial charge is 0.412 e. The number of methoxy groups -OCH3 is 2. The maximum absolute atomic E-state index is 11.8. The third-order valence-corrected chi connectivity index (χ3v) is 2.95. The lowest BCUT2D eigenvalue weighted by Gasteiger charge is -2.14. The van der Waals surface area contributed by atoms with Gasteiger partial charge in [-0.2, -0.15) is 0 Å². The Morgan fingerprint density at radius 2 is 2.11 bits per heavy atom. The molecule has 1 aliphatic heterocycles. The normalized spacial score (nSPS) is 17.9. The van der Waals surface area contributed by atoms with Crippen LogP contribution in [0.15, 0.2) is 18.2 Å². The van der Waals surface area contributed by atoms with Crippen molar-refractivity contribution in [1.82, 2.24) is 10.6 Å². The lowest BCUT2D eigenvalue weighted by atomic mass is 10.3. The lowest BCUT2D eigenvalue weighted by Crippen LogP contribution is -2.38. The van der Waals surface area contributed by atoms with E-state index in [2.05, 4.69) is 10.6 Å². The third kappa shape index (κ3) is 3.29. The topological polar surface area (TPSA) is 68.8 Å². The summed E-state index contributed by atoms with van der Waals surface area (Å²) in [5.41, 5.74) is 0. The van der Waals surface area contributed by atoms with Gasteiger partial charge in [-0.3, -0.25) is 0 Å². The highest BCUT2D eigenvalue weighted by molar-refractivity contribution is 5.72. The van der Waals surface area contributed by atoms with Crippen LogP contribution in [0.4, 0.5) is 4.79 Å². The number of amides is 1. The minimum Gasteiger partial charge on any atom is -0.493 e. The molecule has 1 amide bonds. The van der Waals surface area contributed by atoms with E-state index < -0.39 is 6.09 Å². The fraction of sp³-hybridized carbons (Fsp3) is 0.462. The molecule has 2 rings (SSSR count). The van der Waals surface area contributed by atoms with Gasteiger partial charge in [0.1, 0.15) is 0 Å². The summed E-state index contributed by atoms with van der Waals surface area (Å²) < 4.78 is 15.6. The summed E-state index contributed by atoms with van der Waals surface area (Å²) in [7, 11) is 3.04. The van der Waals surface area contributed by atoms with Gasteiger partial charge in [0.05, 0.1) is 14.2 Å². The van der Waals surface area contributed by atoms with Crippen molar-refractivity contribution in [2.24, 2.45) is 0 Å². The molecule has 0 radical (unpaired) electrons. The molecule has 1 fully saturated rings. The number of hydrogen-bond donors (Lipinski definition) is 2. The van der Waals surface area contributed by atoms with Gasteiger partial charge in [0, 0.05) is 12.6 Å². The molecule has 0 spiro atoms. The Morgan fingerprint density at radius 3 is 2.74 bits per heavy atom. The van der Waals surface area contributed by atoms with Crippen LogP contribution in [0, 0.1) is 0 Å². The maximum atomic E-state index is 11.8. The lowest BCUT2D eigenvalue weighted by molar-refractivity contribution is 0.194. The number of hydrogen-bond acceptors (Lipinski definition) is 5. The van der Waals surface area contributed by atoms with E-state index >= 15 is 0 Å². The average Bonchev–Trinajstić information content (AvgIpc) is 2.91. The Balaban J connectivity index is 2.03. The van der Waals surface area contributed by atoms with Gasteiger partial charge >= 0.3 is 6.09 Å². The van der Waals surface area contributed by atoms with E-state index in [4.69, 9.17) is 14.2 Å². The molecule has 0 aromatic heterocycles. The molecule has 6 heteroatoms. The molecular weight excluding hydrogens is 248 g/mol. The average molecular weight is 266 g/mol. The Morgan fingerprint density at radius 1 is 1.32 bits per heavy atom. The van der Waals surface area contributed by atoms with Crippen LogP contribution < -0.4 is 24.8 Å². The van der Waals surface area contributed by atoms with Crippen molar-refractivity contribution in [2.75, 3.05) is 27.3 Å². The van der Waals surface area contributed by atoms with Crippen LogP contribution >= 0.6 is 0 Å². The predicted molar refractivity (Wildman–Crippen MR) is 70.0 cm³/mol. The maximum Gasteiger partial charge on any atom is 0.412 e. The number of benzene rings is 1. The highest BCUT2D eigenvalue weighted by Gasteiger charge is 2.19. The van der Waals surface area contributed by atoms with Crippen LogP contribution in [0.1, 0.15) is 6.42 Å². The van der Waals surface area contributed by atoms with Crippen LogP contribution in [0.2, 0.25) is 0 Å². The number of nitrogens with one attached hydrogen (secondary N) is 2. The predicted octanol–water partition coefficient (Wildman–Crippen LogP) is 1.15. The first kappa shape index (κ1) is 13.5. The quantitative estimate of drug-likeness (QED) is 0.855. The molecule has 0 bridgehead atoms. The number of ether oxygens (including phenoxy) is 3. The largest absolute Gasteiger partial charge is 0.493 e. The fourth-order valence-electron chi connectivity index (χ4n) is 2.01. The molecule has 0 saturated carbocycles. The van der Waals surface area contributed by atoms with Gasteiger partial charge in [0.2, 0.25) is 5.75 Å². The van der Waals surface area contributed by atoms with Gasteiger partial charge in [-0.15, -0.1) is 0 Å². The van der Waals surface area contributed by atoms with Gasteiger partial charge < -0.3 is 24.8 Å². The summed E-state index contributed by atoms with van der Waals surface area (Å²) in [6, 6.07) is 5.25. The Kier molecular flexibility index (Phi) is 4.46. The summed E-state index contributed by atoms with van der Waals surface area (Å²) in [4.78, 5) is 11.8. The highest BCUT2D eigenvalue weighted by atomic mass is 16.6. The molecule has 1 saturated heterocycles. The Labute approximate surface area is 112 Å². The molecule has 104 valence electrons.